The van der Waals surface area contributed by atoms with Crippen LogP contribution in [0.5, 0.6) is 0 Å². The molecule has 0 aromatic rings. The number of likely N-dealkylation sites (N-methyl/N-ethyl adjacent to an activating group) is 1. The smallest absolute Gasteiger partial charge is 0.235 e. The van der Waals surface area contributed by atoms with E-state index in [1.165, 1.54) is 6.42 Å². The molecule has 0 spiro atoms. The van der Waals surface area contributed by atoms with Gasteiger partial charge in [0.05, 0.1) is 12.6 Å². The van der Waals surface area contributed by atoms with E-state index < -0.39 is 5.54 Å². The van der Waals surface area contributed by atoms with Crippen molar-refractivity contribution in [1.29, 1.82) is 5.26 Å². The van der Waals surface area contributed by atoms with E-state index in [1.807, 2.05) is 14.0 Å². The Hall–Kier alpha value is -1.12. The molecule has 1 saturated heterocycles. The van der Waals surface area contributed by atoms with Crippen LogP contribution in [0.2, 0.25) is 0 Å². The van der Waals surface area contributed by atoms with Crippen molar-refractivity contribution in [1.82, 2.24) is 15.5 Å². The summed E-state index contributed by atoms with van der Waals surface area (Å²) >= 11 is 0. The number of hydrogen-bond acceptors (Lipinski definition) is 4. The molecule has 0 aromatic heterocycles. The topological polar surface area (TPSA) is 68.2 Å². The van der Waals surface area contributed by atoms with E-state index in [0.717, 1.165) is 32.4 Å². The summed E-state index contributed by atoms with van der Waals surface area (Å²) in [5.74, 6) is 0.320. The highest BCUT2D eigenvalue weighted by Gasteiger charge is 2.43. The molecule has 2 rings (SSSR count). The van der Waals surface area contributed by atoms with E-state index in [-0.39, 0.29) is 5.91 Å². The lowest BCUT2D eigenvalue weighted by molar-refractivity contribution is -0.124. The molecule has 1 heterocycles. The summed E-state index contributed by atoms with van der Waals surface area (Å²) in [4.78, 5) is 14.3. The number of amides is 1. The Bertz CT molecular complexity index is 374. The van der Waals surface area contributed by atoms with Gasteiger partial charge in [0, 0.05) is 12.6 Å². The Morgan fingerprint density at radius 1 is 1.47 bits per heavy atom. The van der Waals surface area contributed by atoms with Gasteiger partial charge in [-0.2, -0.15) is 5.26 Å². The van der Waals surface area contributed by atoms with Crippen LogP contribution in [0, 0.1) is 17.2 Å². The number of rotatable bonds is 5. The van der Waals surface area contributed by atoms with Crippen LogP contribution in [-0.4, -0.2) is 49.1 Å². The molecule has 1 saturated carbocycles. The van der Waals surface area contributed by atoms with E-state index in [0.29, 0.717) is 18.5 Å². The second kappa shape index (κ2) is 5.89. The largest absolute Gasteiger partial charge is 0.337 e. The minimum atomic E-state index is -0.671. The summed E-state index contributed by atoms with van der Waals surface area (Å²) < 4.78 is 0. The molecular formula is C14H24N4O. The van der Waals surface area contributed by atoms with Crippen molar-refractivity contribution in [3.05, 3.63) is 0 Å². The van der Waals surface area contributed by atoms with E-state index in [1.54, 1.807) is 0 Å². The molecule has 5 nitrogen and oxygen atoms in total. The van der Waals surface area contributed by atoms with Gasteiger partial charge in [0.2, 0.25) is 5.91 Å². The van der Waals surface area contributed by atoms with Gasteiger partial charge in [0.25, 0.3) is 0 Å². The van der Waals surface area contributed by atoms with Gasteiger partial charge in [-0.1, -0.05) is 0 Å². The molecule has 0 aromatic carbocycles. The normalized spacial score (nSPS) is 27.3. The molecule has 1 aliphatic heterocycles. The van der Waals surface area contributed by atoms with Crippen molar-refractivity contribution < 1.29 is 4.79 Å². The Balaban J connectivity index is 1.82. The number of nitriles is 1. The molecule has 0 radical (unpaired) electrons. The third-order valence-electron chi connectivity index (χ3n) is 4.31. The summed E-state index contributed by atoms with van der Waals surface area (Å²) in [5, 5.41) is 15.4. The van der Waals surface area contributed by atoms with Gasteiger partial charge < -0.3 is 10.6 Å². The third kappa shape index (κ3) is 3.68. The first kappa shape index (κ1) is 14.3. The first-order chi connectivity index (χ1) is 9.07. The van der Waals surface area contributed by atoms with Crippen LogP contribution in [0.4, 0.5) is 0 Å². The van der Waals surface area contributed by atoms with E-state index in [4.69, 9.17) is 0 Å². The van der Waals surface area contributed by atoms with Gasteiger partial charge in [0.15, 0.2) is 0 Å². The average molecular weight is 264 g/mol. The molecular weight excluding hydrogens is 240 g/mol. The van der Waals surface area contributed by atoms with Gasteiger partial charge in [-0.05, 0) is 52.1 Å². The fourth-order valence-corrected chi connectivity index (χ4v) is 2.85. The fraction of sp³-hybridized carbons (Fsp3) is 0.857. The van der Waals surface area contributed by atoms with Crippen molar-refractivity contribution in [3.8, 4) is 6.07 Å². The highest BCUT2D eigenvalue weighted by atomic mass is 16.2. The SMILES string of the molecule is CNC1CCCN(CC(=O)NC(C)(C#N)C2CC2)C1. The van der Waals surface area contributed by atoms with E-state index >= 15 is 0 Å². The molecule has 5 heteroatoms. The van der Waals surface area contributed by atoms with Gasteiger partial charge in [-0.15, -0.1) is 0 Å². The number of nitrogens with zero attached hydrogens (tertiary/aromatic N) is 2. The third-order valence-corrected chi connectivity index (χ3v) is 4.31. The number of carbonyl (C=O) groups excluding carboxylic acids is 1. The number of piperidine rings is 1. The van der Waals surface area contributed by atoms with Crippen LogP contribution in [0.25, 0.3) is 0 Å². The lowest BCUT2D eigenvalue weighted by Crippen LogP contribution is -2.52. The lowest BCUT2D eigenvalue weighted by atomic mass is 9.98. The highest BCUT2D eigenvalue weighted by molar-refractivity contribution is 5.79. The van der Waals surface area contributed by atoms with Gasteiger partial charge >= 0.3 is 0 Å². The first-order valence-electron chi connectivity index (χ1n) is 7.19. The summed E-state index contributed by atoms with van der Waals surface area (Å²) in [5.41, 5.74) is -0.671. The summed E-state index contributed by atoms with van der Waals surface area (Å²) in [6.45, 7) is 4.13. The molecule has 0 bridgehead atoms. The Kier molecular flexibility index (Phi) is 4.43. The number of hydrogen-bond donors (Lipinski definition) is 2. The zero-order chi connectivity index (χ0) is 13.9. The van der Waals surface area contributed by atoms with E-state index in [2.05, 4.69) is 21.6 Å². The summed E-state index contributed by atoms with van der Waals surface area (Å²) in [7, 11) is 1.97. The maximum atomic E-state index is 12.1. The van der Waals surface area contributed by atoms with Crippen LogP contribution in [0.3, 0.4) is 0 Å². The van der Waals surface area contributed by atoms with Crippen LogP contribution in [-0.2, 0) is 4.79 Å². The van der Waals surface area contributed by atoms with Crippen LogP contribution in [0.15, 0.2) is 0 Å². The number of nitrogens with one attached hydrogen (secondary N) is 2. The van der Waals surface area contributed by atoms with Crippen molar-refractivity contribution in [2.45, 2.75) is 44.2 Å². The predicted octanol–water partition coefficient (Wildman–Crippen LogP) is 0.479. The number of carbonyl (C=O) groups is 1. The average Bonchev–Trinajstić information content (AvgIpc) is 3.23. The van der Waals surface area contributed by atoms with Crippen molar-refractivity contribution in [2.75, 3.05) is 26.7 Å². The van der Waals surface area contributed by atoms with Crippen molar-refractivity contribution >= 4 is 5.91 Å². The van der Waals surface area contributed by atoms with Crippen molar-refractivity contribution in [3.63, 3.8) is 0 Å². The summed E-state index contributed by atoms with van der Waals surface area (Å²) in [6.07, 6.45) is 4.40. The minimum Gasteiger partial charge on any atom is -0.337 e. The van der Waals surface area contributed by atoms with Gasteiger partial charge in [-0.25, -0.2) is 0 Å². The molecule has 2 atom stereocenters. The molecule has 1 amide bonds. The fourth-order valence-electron chi connectivity index (χ4n) is 2.85. The first-order valence-corrected chi connectivity index (χ1v) is 7.19. The zero-order valence-electron chi connectivity index (χ0n) is 11.9. The molecule has 2 unspecified atom stereocenters. The van der Waals surface area contributed by atoms with E-state index in [9.17, 15) is 10.1 Å². The molecule has 2 N–H and O–H groups in total. The maximum absolute atomic E-state index is 12.1. The van der Waals surface area contributed by atoms with Gasteiger partial charge in [-0.3, -0.25) is 9.69 Å². The number of likely N-dealkylation sites (tertiary alicyclic amines) is 1. The molecule has 19 heavy (non-hydrogen) atoms. The highest BCUT2D eigenvalue weighted by Crippen LogP contribution is 2.39. The van der Waals surface area contributed by atoms with Crippen LogP contribution >= 0.6 is 0 Å². The van der Waals surface area contributed by atoms with Gasteiger partial charge in [0.1, 0.15) is 5.54 Å². The Labute approximate surface area is 115 Å². The zero-order valence-corrected chi connectivity index (χ0v) is 11.9. The molecule has 2 fully saturated rings. The minimum absolute atomic E-state index is 0.0206. The molecule has 106 valence electrons. The standard InChI is InChI=1S/C14H24N4O/c1-14(10-15,11-5-6-11)17-13(19)9-18-7-3-4-12(8-18)16-2/h11-12,16H,3-9H2,1-2H3,(H,17,19). The monoisotopic (exact) mass is 264 g/mol. The van der Waals surface area contributed by atoms with Crippen LogP contribution < -0.4 is 10.6 Å². The molecule has 1 aliphatic carbocycles. The lowest BCUT2D eigenvalue weighted by Gasteiger charge is -2.33. The second-order valence-corrected chi connectivity index (χ2v) is 6.00. The second-order valence-electron chi connectivity index (χ2n) is 6.00. The van der Waals surface area contributed by atoms with Crippen molar-refractivity contribution in [2.24, 2.45) is 5.92 Å². The molecule has 2 aliphatic rings. The summed E-state index contributed by atoms with van der Waals surface area (Å²) in [6, 6.07) is 2.74. The Morgan fingerprint density at radius 2 is 2.21 bits per heavy atom. The maximum Gasteiger partial charge on any atom is 0.235 e. The van der Waals surface area contributed by atoms with Crippen LogP contribution in [0.1, 0.15) is 32.6 Å². The Morgan fingerprint density at radius 3 is 2.79 bits per heavy atom. The quantitative estimate of drug-likeness (QED) is 0.758. The predicted molar refractivity (Wildman–Crippen MR) is 73.4 cm³/mol.